The van der Waals surface area contributed by atoms with E-state index in [-0.39, 0.29) is 11.9 Å². The number of nitrogens with one attached hydrogen (secondary N) is 1. The molecule has 0 bridgehead atoms. The summed E-state index contributed by atoms with van der Waals surface area (Å²) in [7, 11) is 0. The fourth-order valence-corrected chi connectivity index (χ4v) is 3.28. The van der Waals surface area contributed by atoms with Crippen LogP contribution in [0.5, 0.6) is 0 Å². The first-order chi connectivity index (χ1) is 10.3. The Kier molecular flexibility index (Phi) is 4.30. The molecular weight excluding hydrogens is 263 g/mol. The molecule has 0 fully saturated rings. The van der Waals surface area contributed by atoms with Crippen LogP contribution in [0.2, 0.25) is 0 Å². The van der Waals surface area contributed by atoms with Gasteiger partial charge in [0.05, 0.1) is 6.20 Å². The zero-order valence-electron chi connectivity index (χ0n) is 12.3. The van der Waals surface area contributed by atoms with Crippen LogP contribution in [0.15, 0.2) is 42.7 Å². The smallest absolute Gasteiger partial charge is 0.141 e. The van der Waals surface area contributed by atoms with E-state index in [0.29, 0.717) is 5.92 Å². The highest BCUT2D eigenvalue weighted by atomic mass is 19.1. The van der Waals surface area contributed by atoms with Gasteiger partial charge in [0, 0.05) is 12.2 Å². The van der Waals surface area contributed by atoms with E-state index in [4.69, 9.17) is 0 Å². The van der Waals surface area contributed by atoms with Gasteiger partial charge in [-0.2, -0.15) is 0 Å². The van der Waals surface area contributed by atoms with Crippen LogP contribution < -0.4 is 5.32 Å². The largest absolute Gasteiger partial charge is 0.310 e. The Morgan fingerprint density at radius 1 is 1.24 bits per heavy atom. The molecular formula is C18H21FN2. The van der Waals surface area contributed by atoms with Crippen molar-refractivity contribution in [3.63, 3.8) is 0 Å². The molecule has 1 aromatic heterocycles. The Morgan fingerprint density at radius 2 is 1.95 bits per heavy atom. The van der Waals surface area contributed by atoms with Crippen LogP contribution >= 0.6 is 0 Å². The summed E-state index contributed by atoms with van der Waals surface area (Å²) in [6.07, 6.45) is 6.23. The number of aromatic nitrogens is 1. The molecule has 110 valence electrons. The molecule has 0 amide bonds. The average molecular weight is 284 g/mol. The molecule has 0 radical (unpaired) electrons. The molecule has 0 spiro atoms. The first kappa shape index (κ1) is 14.2. The van der Waals surface area contributed by atoms with Gasteiger partial charge < -0.3 is 5.32 Å². The zero-order valence-corrected chi connectivity index (χ0v) is 12.3. The molecule has 3 heteroatoms. The number of halogens is 1. The van der Waals surface area contributed by atoms with E-state index in [9.17, 15) is 4.39 Å². The van der Waals surface area contributed by atoms with Crippen molar-refractivity contribution in [3.8, 4) is 0 Å². The van der Waals surface area contributed by atoms with Gasteiger partial charge >= 0.3 is 0 Å². The molecule has 1 N–H and O–H groups in total. The van der Waals surface area contributed by atoms with Crippen molar-refractivity contribution in [2.24, 2.45) is 5.92 Å². The van der Waals surface area contributed by atoms with Gasteiger partial charge in [-0.3, -0.25) is 4.98 Å². The van der Waals surface area contributed by atoms with Crippen LogP contribution in [0.3, 0.4) is 0 Å². The Hall–Kier alpha value is -1.74. The summed E-state index contributed by atoms with van der Waals surface area (Å²) in [4.78, 5) is 4.02. The van der Waals surface area contributed by atoms with Crippen molar-refractivity contribution in [3.05, 3.63) is 65.2 Å². The monoisotopic (exact) mass is 284 g/mol. The van der Waals surface area contributed by atoms with Gasteiger partial charge in [0.25, 0.3) is 0 Å². The van der Waals surface area contributed by atoms with E-state index in [1.165, 1.54) is 17.3 Å². The van der Waals surface area contributed by atoms with Gasteiger partial charge in [0.15, 0.2) is 0 Å². The van der Waals surface area contributed by atoms with Crippen molar-refractivity contribution < 1.29 is 4.39 Å². The SMILES string of the molecule is CCCNC(c1cncc(F)c1)C1Cc2ccccc2C1. The predicted octanol–water partition coefficient (Wildman–Crippen LogP) is 3.68. The van der Waals surface area contributed by atoms with Crippen molar-refractivity contribution in [1.82, 2.24) is 10.3 Å². The second kappa shape index (κ2) is 6.35. The molecule has 1 aliphatic carbocycles. The van der Waals surface area contributed by atoms with Crippen LogP contribution in [0.1, 0.15) is 36.1 Å². The van der Waals surface area contributed by atoms with E-state index < -0.39 is 0 Å². The minimum Gasteiger partial charge on any atom is -0.310 e. The standard InChI is InChI=1S/C18H21FN2/c1-2-7-21-18(16-10-17(19)12-20-11-16)15-8-13-5-3-4-6-14(13)9-15/h3-6,10-12,15,18,21H,2,7-9H2,1H3. The maximum absolute atomic E-state index is 13.5. The number of rotatable bonds is 5. The topological polar surface area (TPSA) is 24.9 Å². The lowest BCUT2D eigenvalue weighted by Gasteiger charge is -2.25. The fourth-order valence-electron chi connectivity index (χ4n) is 3.28. The van der Waals surface area contributed by atoms with Crippen molar-refractivity contribution >= 4 is 0 Å². The summed E-state index contributed by atoms with van der Waals surface area (Å²) >= 11 is 0. The summed E-state index contributed by atoms with van der Waals surface area (Å²) in [5.41, 5.74) is 3.81. The molecule has 1 atom stereocenters. The quantitative estimate of drug-likeness (QED) is 0.906. The number of fused-ring (bicyclic) bond motifs is 1. The summed E-state index contributed by atoms with van der Waals surface area (Å²) in [6.45, 7) is 3.09. The lowest BCUT2D eigenvalue weighted by molar-refractivity contribution is 0.372. The second-order valence-corrected chi connectivity index (χ2v) is 5.81. The third-order valence-corrected chi connectivity index (χ3v) is 4.25. The Bertz CT molecular complexity index is 587. The Morgan fingerprint density at radius 3 is 2.57 bits per heavy atom. The minimum atomic E-state index is -0.258. The normalized spacial score (nSPS) is 15.9. The number of hydrogen-bond acceptors (Lipinski definition) is 2. The summed E-state index contributed by atoms with van der Waals surface area (Å²) in [6, 6.07) is 10.4. The van der Waals surface area contributed by atoms with Crippen molar-refractivity contribution in [1.29, 1.82) is 0 Å². The molecule has 1 heterocycles. The molecule has 0 saturated carbocycles. The molecule has 21 heavy (non-hydrogen) atoms. The van der Waals surface area contributed by atoms with Gasteiger partial charge in [-0.1, -0.05) is 31.2 Å². The van der Waals surface area contributed by atoms with Crippen LogP contribution in [-0.2, 0) is 12.8 Å². The highest BCUT2D eigenvalue weighted by molar-refractivity contribution is 5.34. The lowest BCUT2D eigenvalue weighted by atomic mass is 9.91. The molecule has 3 rings (SSSR count). The summed E-state index contributed by atoms with van der Waals surface area (Å²) < 4.78 is 13.5. The third kappa shape index (κ3) is 3.13. The summed E-state index contributed by atoms with van der Waals surface area (Å²) in [5.74, 6) is 0.212. The van der Waals surface area contributed by atoms with Gasteiger partial charge in [-0.15, -0.1) is 0 Å². The van der Waals surface area contributed by atoms with Crippen LogP contribution in [0, 0.1) is 11.7 Å². The van der Waals surface area contributed by atoms with Gasteiger partial charge in [-0.05, 0) is 54.5 Å². The molecule has 0 aliphatic heterocycles. The number of nitrogens with zero attached hydrogens (tertiary/aromatic N) is 1. The van der Waals surface area contributed by atoms with Gasteiger partial charge in [0.1, 0.15) is 5.82 Å². The Balaban J connectivity index is 1.84. The highest BCUT2D eigenvalue weighted by Gasteiger charge is 2.29. The maximum atomic E-state index is 13.5. The molecule has 1 aliphatic rings. The minimum absolute atomic E-state index is 0.167. The molecule has 1 aromatic carbocycles. The number of benzene rings is 1. The number of pyridine rings is 1. The first-order valence-electron chi connectivity index (χ1n) is 7.68. The maximum Gasteiger partial charge on any atom is 0.141 e. The van der Waals surface area contributed by atoms with E-state index in [2.05, 4.69) is 41.5 Å². The van der Waals surface area contributed by atoms with Crippen LogP contribution in [-0.4, -0.2) is 11.5 Å². The first-order valence-corrected chi connectivity index (χ1v) is 7.68. The van der Waals surface area contributed by atoms with E-state index in [1.54, 1.807) is 12.3 Å². The van der Waals surface area contributed by atoms with E-state index in [0.717, 1.165) is 31.4 Å². The van der Waals surface area contributed by atoms with Crippen molar-refractivity contribution in [2.45, 2.75) is 32.2 Å². The fraction of sp³-hybridized carbons (Fsp3) is 0.389. The highest BCUT2D eigenvalue weighted by Crippen LogP contribution is 2.35. The Labute approximate surface area is 125 Å². The van der Waals surface area contributed by atoms with Crippen LogP contribution in [0.25, 0.3) is 0 Å². The van der Waals surface area contributed by atoms with Gasteiger partial charge in [-0.25, -0.2) is 4.39 Å². The average Bonchev–Trinajstić information content (AvgIpc) is 2.91. The van der Waals surface area contributed by atoms with Crippen LogP contribution in [0.4, 0.5) is 4.39 Å². The lowest BCUT2D eigenvalue weighted by Crippen LogP contribution is -2.29. The number of hydrogen-bond donors (Lipinski definition) is 1. The second-order valence-electron chi connectivity index (χ2n) is 5.81. The summed E-state index contributed by atoms with van der Waals surface area (Å²) in [5, 5.41) is 3.58. The predicted molar refractivity (Wildman–Crippen MR) is 82.6 cm³/mol. The van der Waals surface area contributed by atoms with Gasteiger partial charge in [0.2, 0.25) is 0 Å². The molecule has 2 aromatic rings. The zero-order chi connectivity index (χ0) is 14.7. The molecule has 0 saturated heterocycles. The van der Waals surface area contributed by atoms with E-state index in [1.807, 2.05) is 0 Å². The molecule has 1 unspecified atom stereocenters. The molecule has 2 nitrogen and oxygen atoms in total. The van der Waals surface area contributed by atoms with Crippen molar-refractivity contribution in [2.75, 3.05) is 6.54 Å². The van der Waals surface area contributed by atoms with E-state index >= 15 is 0 Å². The third-order valence-electron chi connectivity index (χ3n) is 4.25.